The van der Waals surface area contributed by atoms with Crippen LogP contribution in [0.4, 0.5) is 0 Å². The van der Waals surface area contributed by atoms with Crippen molar-refractivity contribution in [1.82, 2.24) is 14.7 Å². The quantitative estimate of drug-likeness (QED) is 0.840. The fourth-order valence-corrected chi connectivity index (χ4v) is 2.33. The maximum atomic E-state index is 12.4. The second-order valence-electron chi connectivity index (χ2n) is 5.50. The van der Waals surface area contributed by atoms with Gasteiger partial charge in [-0.05, 0) is 43.7 Å². The number of nitrogens with zero attached hydrogens (tertiary/aromatic N) is 3. The highest BCUT2D eigenvalue weighted by molar-refractivity contribution is 5.92. The van der Waals surface area contributed by atoms with Crippen LogP contribution in [-0.4, -0.2) is 52.4 Å². The molecule has 0 fully saturated rings. The zero-order valence-electron chi connectivity index (χ0n) is 14.0. The minimum Gasteiger partial charge on any atom is -0.497 e. The van der Waals surface area contributed by atoms with E-state index in [9.17, 15) is 9.59 Å². The number of methoxy groups -OCH3 is 1. The molecule has 0 aliphatic heterocycles. The molecule has 0 bridgehead atoms. The van der Waals surface area contributed by atoms with Crippen LogP contribution in [0.1, 0.15) is 29.0 Å². The fourth-order valence-electron chi connectivity index (χ4n) is 2.33. The van der Waals surface area contributed by atoms with Crippen molar-refractivity contribution < 1.29 is 19.4 Å². The smallest absolute Gasteiger partial charge is 0.303 e. The fraction of sp³-hybridized carbons (Fsp3) is 0.353. The topological polar surface area (TPSA) is 84.7 Å². The van der Waals surface area contributed by atoms with Gasteiger partial charge in [0.25, 0.3) is 5.91 Å². The number of carbonyl (C=O) groups is 2. The number of aromatic nitrogens is 2. The number of aryl methyl sites for hydroxylation is 1. The van der Waals surface area contributed by atoms with Gasteiger partial charge in [-0.25, -0.2) is 4.68 Å². The zero-order chi connectivity index (χ0) is 17.7. The number of aliphatic carboxylic acids is 1. The summed E-state index contributed by atoms with van der Waals surface area (Å²) in [6, 6.07) is 9.11. The molecule has 7 nitrogen and oxygen atoms in total. The first-order valence-electron chi connectivity index (χ1n) is 7.60. The normalized spacial score (nSPS) is 10.5. The first kappa shape index (κ1) is 17.5. The molecule has 1 aromatic carbocycles. The highest BCUT2D eigenvalue weighted by Gasteiger charge is 2.17. The molecule has 7 heteroatoms. The highest BCUT2D eigenvalue weighted by Crippen LogP contribution is 2.17. The Kier molecular flexibility index (Phi) is 5.57. The molecule has 24 heavy (non-hydrogen) atoms. The van der Waals surface area contributed by atoms with Crippen LogP contribution in [0.3, 0.4) is 0 Å². The third-order valence-corrected chi connectivity index (χ3v) is 3.65. The molecule has 0 aliphatic rings. The molecule has 0 saturated heterocycles. The van der Waals surface area contributed by atoms with Crippen molar-refractivity contribution in [3.8, 4) is 11.4 Å². The number of rotatable bonds is 7. The van der Waals surface area contributed by atoms with Gasteiger partial charge in [0, 0.05) is 25.7 Å². The summed E-state index contributed by atoms with van der Waals surface area (Å²) in [6.45, 7) is 2.25. The van der Waals surface area contributed by atoms with Crippen molar-refractivity contribution in [2.75, 3.05) is 20.7 Å². The highest BCUT2D eigenvalue weighted by atomic mass is 16.5. The van der Waals surface area contributed by atoms with E-state index < -0.39 is 5.97 Å². The summed E-state index contributed by atoms with van der Waals surface area (Å²) in [5, 5.41) is 13.0. The van der Waals surface area contributed by atoms with Crippen molar-refractivity contribution in [3.63, 3.8) is 0 Å². The van der Waals surface area contributed by atoms with Gasteiger partial charge in [-0.2, -0.15) is 5.10 Å². The van der Waals surface area contributed by atoms with Crippen LogP contribution >= 0.6 is 0 Å². The summed E-state index contributed by atoms with van der Waals surface area (Å²) in [6.07, 6.45) is 0.451. The first-order chi connectivity index (χ1) is 11.4. The Balaban J connectivity index is 2.11. The summed E-state index contributed by atoms with van der Waals surface area (Å²) < 4.78 is 6.82. The van der Waals surface area contributed by atoms with Gasteiger partial charge in [-0.15, -0.1) is 0 Å². The molecule has 0 atom stereocenters. The SMILES string of the molecule is COc1ccc(-n2nc(C(=O)N(C)CCCC(=O)O)cc2C)cc1. The lowest BCUT2D eigenvalue weighted by Gasteiger charge is -2.14. The van der Waals surface area contributed by atoms with Crippen LogP contribution in [0.25, 0.3) is 5.69 Å². The number of carboxylic acids is 1. The summed E-state index contributed by atoms with van der Waals surface area (Å²) in [5.41, 5.74) is 2.00. The van der Waals surface area contributed by atoms with Crippen LogP contribution in [-0.2, 0) is 4.79 Å². The van der Waals surface area contributed by atoms with E-state index in [2.05, 4.69) is 5.10 Å². The van der Waals surface area contributed by atoms with Gasteiger partial charge >= 0.3 is 5.97 Å². The number of carbonyl (C=O) groups excluding carboxylic acids is 1. The molecular formula is C17H21N3O4. The molecule has 1 heterocycles. The van der Waals surface area contributed by atoms with Crippen LogP contribution in [0, 0.1) is 6.92 Å². The Bertz CT molecular complexity index is 722. The molecule has 0 aliphatic carbocycles. The van der Waals surface area contributed by atoms with Gasteiger partial charge in [0.15, 0.2) is 5.69 Å². The van der Waals surface area contributed by atoms with Crippen LogP contribution in [0.15, 0.2) is 30.3 Å². The Hall–Kier alpha value is -2.83. The Morgan fingerprint density at radius 3 is 2.54 bits per heavy atom. The predicted octanol–water partition coefficient (Wildman–Crippen LogP) is 2.13. The maximum absolute atomic E-state index is 12.4. The molecular weight excluding hydrogens is 310 g/mol. The van der Waals surface area contributed by atoms with E-state index in [4.69, 9.17) is 9.84 Å². The number of ether oxygens (including phenoxy) is 1. The second kappa shape index (κ2) is 7.63. The standard InChI is InChI=1S/C17H21N3O4/c1-12-11-15(17(23)19(2)10-4-5-16(21)22)18-20(12)13-6-8-14(24-3)9-7-13/h6-9,11H,4-5,10H2,1-3H3,(H,21,22). The van der Waals surface area contributed by atoms with E-state index >= 15 is 0 Å². The van der Waals surface area contributed by atoms with Gasteiger partial charge in [0.1, 0.15) is 5.75 Å². The average molecular weight is 331 g/mol. The van der Waals surface area contributed by atoms with E-state index in [1.165, 1.54) is 4.90 Å². The van der Waals surface area contributed by atoms with Crippen LogP contribution < -0.4 is 4.74 Å². The van der Waals surface area contributed by atoms with Gasteiger partial charge in [0.05, 0.1) is 12.8 Å². The molecule has 1 aromatic heterocycles. The number of hydrogen-bond donors (Lipinski definition) is 1. The molecule has 1 N–H and O–H groups in total. The second-order valence-corrected chi connectivity index (χ2v) is 5.50. The molecule has 0 unspecified atom stereocenters. The third-order valence-electron chi connectivity index (χ3n) is 3.65. The molecule has 2 rings (SSSR count). The van der Waals surface area contributed by atoms with E-state index in [0.717, 1.165) is 17.1 Å². The summed E-state index contributed by atoms with van der Waals surface area (Å²) >= 11 is 0. The van der Waals surface area contributed by atoms with E-state index in [1.807, 2.05) is 31.2 Å². The molecule has 0 radical (unpaired) electrons. The summed E-state index contributed by atoms with van der Waals surface area (Å²) in [4.78, 5) is 24.4. The molecule has 0 spiro atoms. The van der Waals surface area contributed by atoms with Crippen molar-refractivity contribution in [3.05, 3.63) is 41.7 Å². The van der Waals surface area contributed by atoms with Crippen LogP contribution in [0.2, 0.25) is 0 Å². The van der Waals surface area contributed by atoms with Crippen molar-refractivity contribution in [2.45, 2.75) is 19.8 Å². The number of hydrogen-bond acceptors (Lipinski definition) is 4. The van der Waals surface area contributed by atoms with Crippen molar-refractivity contribution >= 4 is 11.9 Å². The summed E-state index contributed by atoms with van der Waals surface area (Å²) in [5.74, 6) is -0.343. The number of amides is 1. The predicted molar refractivity (Wildman–Crippen MR) is 88.7 cm³/mol. The van der Waals surface area contributed by atoms with Crippen molar-refractivity contribution in [1.29, 1.82) is 0 Å². The summed E-state index contributed by atoms with van der Waals surface area (Å²) in [7, 11) is 3.25. The van der Waals surface area contributed by atoms with E-state index in [1.54, 1.807) is 24.9 Å². The Morgan fingerprint density at radius 2 is 1.96 bits per heavy atom. The Labute approximate surface area is 140 Å². The minimum absolute atomic E-state index is 0.0386. The first-order valence-corrected chi connectivity index (χ1v) is 7.60. The van der Waals surface area contributed by atoms with Gasteiger partial charge in [-0.1, -0.05) is 0 Å². The minimum atomic E-state index is -0.865. The molecule has 1 amide bonds. The van der Waals surface area contributed by atoms with Gasteiger partial charge in [-0.3, -0.25) is 9.59 Å². The average Bonchev–Trinajstić information content (AvgIpc) is 2.95. The zero-order valence-corrected chi connectivity index (χ0v) is 14.0. The van der Waals surface area contributed by atoms with Crippen LogP contribution in [0.5, 0.6) is 5.75 Å². The van der Waals surface area contributed by atoms with E-state index in [0.29, 0.717) is 18.7 Å². The lowest BCUT2D eigenvalue weighted by molar-refractivity contribution is -0.137. The monoisotopic (exact) mass is 331 g/mol. The number of benzene rings is 1. The van der Waals surface area contributed by atoms with E-state index in [-0.39, 0.29) is 12.3 Å². The van der Waals surface area contributed by atoms with Gasteiger partial charge in [0.2, 0.25) is 0 Å². The van der Waals surface area contributed by atoms with Gasteiger partial charge < -0.3 is 14.7 Å². The van der Waals surface area contributed by atoms with Crippen molar-refractivity contribution in [2.24, 2.45) is 0 Å². The lowest BCUT2D eigenvalue weighted by Crippen LogP contribution is -2.28. The third kappa shape index (κ3) is 4.13. The molecule has 128 valence electrons. The maximum Gasteiger partial charge on any atom is 0.303 e. The largest absolute Gasteiger partial charge is 0.497 e. The Morgan fingerprint density at radius 1 is 1.29 bits per heavy atom. The lowest BCUT2D eigenvalue weighted by atomic mass is 10.2. The molecule has 2 aromatic rings. The molecule has 0 saturated carbocycles. The number of carboxylic acid groups (broad SMARTS) is 1.